The molecule has 6 nitrogen and oxygen atoms in total. The standard InChI is InChI=1S/C19H19N3O3S/c1-13-10-16(14(2)22(13)19-20-8-9-26-19)18(24)21-11-17(23)25-12-15-6-4-3-5-7-15/h3-10H,11-12H2,1-2H3,(H,21,24). The van der Waals surface area contributed by atoms with E-state index in [1.54, 1.807) is 12.3 Å². The Morgan fingerprint density at radius 2 is 2.00 bits per heavy atom. The Labute approximate surface area is 155 Å². The van der Waals surface area contributed by atoms with E-state index in [-0.39, 0.29) is 19.1 Å². The lowest BCUT2D eigenvalue weighted by atomic mass is 10.2. The number of carbonyl (C=O) groups is 2. The van der Waals surface area contributed by atoms with Crippen molar-refractivity contribution in [1.82, 2.24) is 14.9 Å². The van der Waals surface area contributed by atoms with Gasteiger partial charge in [0.15, 0.2) is 5.13 Å². The van der Waals surface area contributed by atoms with Gasteiger partial charge in [-0.3, -0.25) is 14.2 Å². The highest BCUT2D eigenvalue weighted by molar-refractivity contribution is 7.12. The van der Waals surface area contributed by atoms with Gasteiger partial charge in [-0.05, 0) is 25.5 Å². The second-order valence-corrected chi connectivity index (χ2v) is 6.64. The molecule has 0 saturated heterocycles. The third kappa shape index (κ3) is 4.00. The molecule has 0 aliphatic rings. The van der Waals surface area contributed by atoms with Crippen LogP contribution < -0.4 is 5.32 Å². The van der Waals surface area contributed by atoms with Crippen molar-refractivity contribution in [2.45, 2.75) is 20.5 Å². The van der Waals surface area contributed by atoms with Gasteiger partial charge in [0.05, 0.1) is 5.56 Å². The summed E-state index contributed by atoms with van der Waals surface area (Å²) in [5.74, 6) is -0.784. The fourth-order valence-electron chi connectivity index (χ4n) is 2.65. The summed E-state index contributed by atoms with van der Waals surface area (Å²) < 4.78 is 7.09. The van der Waals surface area contributed by atoms with Crippen LogP contribution in [0.2, 0.25) is 0 Å². The summed E-state index contributed by atoms with van der Waals surface area (Å²) in [6.45, 7) is 3.79. The molecule has 2 aromatic heterocycles. The van der Waals surface area contributed by atoms with Crippen LogP contribution in [0.3, 0.4) is 0 Å². The van der Waals surface area contributed by atoms with Crippen LogP contribution in [0.5, 0.6) is 0 Å². The number of thiazole rings is 1. The minimum Gasteiger partial charge on any atom is -0.460 e. The molecule has 26 heavy (non-hydrogen) atoms. The molecule has 1 aromatic carbocycles. The number of rotatable bonds is 6. The fourth-order valence-corrected chi connectivity index (χ4v) is 3.40. The number of benzene rings is 1. The number of hydrogen-bond acceptors (Lipinski definition) is 5. The number of ether oxygens (including phenoxy) is 1. The highest BCUT2D eigenvalue weighted by Crippen LogP contribution is 2.22. The number of hydrogen-bond donors (Lipinski definition) is 1. The van der Waals surface area contributed by atoms with Crippen molar-refractivity contribution < 1.29 is 14.3 Å². The number of aromatic nitrogens is 2. The van der Waals surface area contributed by atoms with Crippen LogP contribution in [-0.4, -0.2) is 28.0 Å². The second-order valence-electron chi connectivity index (χ2n) is 5.76. The van der Waals surface area contributed by atoms with Crippen molar-refractivity contribution in [3.05, 3.63) is 70.5 Å². The monoisotopic (exact) mass is 369 g/mol. The normalized spacial score (nSPS) is 10.5. The maximum absolute atomic E-state index is 12.4. The quantitative estimate of drug-likeness (QED) is 0.678. The molecule has 0 radical (unpaired) electrons. The van der Waals surface area contributed by atoms with Crippen molar-refractivity contribution in [1.29, 1.82) is 0 Å². The predicted octanol–water partition coefficient (Wildman–Crippen LogP) is 3.02. The molecule has 2 heterocycles. The number of nitrogens with zero attached hydrogens (tertiary/aromatic N) is 2. The first-order valence-corrected chi connectivity index (χ1v) is 9.01. The molecule has 0 spiro atoms. The largest absolute Gasteiger partial charge is 0.460 e. The molecule has 0 aliphatic carbocycles. The Balaban J connectivity index is 1.58. The van der Waals surface area contributed by atoms with E-state index in [2.05, 4.69) is 10.3 Å². The number of esters is 1. The van der Waals surface area contributed by atoms with E-state index in [9.17, 15) is 9.59 Å². The van der Waals surface area contributed by atoms with Crippen LogP contribution in [0.4, 0.5) is 0 Å². The average Bonchev–Trinajstić information content (AvgIpc) is 3.26. The van der Waals surface area contributed by atoms with Crippen LogP contribution in [0.15, 0.2) is 48.0 Å². The molecule has 0 bridgehead atoms. The SMILES string of the molecule is Cc1cc(C(=O)NCC(=O)OCc2ccccc2)c(C)n1-c1nccs1. The molecular weight excluding hydrogens is 350 g/mol. The summed E-state index contributed by atoms with van der Waals surface area (Å²) in [7, 11) is 0. The van der Waals surface area contributed by atoms with Crippen molar-refractivity contribution in [3.63, 3.8) is 0 Å². The zero-order valence-corrected chi connectivity index (χ0v) is 15.4. The van der Waals surface area contributed by atoms with Gasteiger partial charge in [-0.1, -0.05) is 30.3 Å². The van der Waals surface area contributed by atoms with Crippen LogP contribution in [0.1, 0.15) is 27.3 Å². The molecule has 0 unspecified atom stereocenters. The van der Waals surface area contributed by atoms with Crippen LogP contribution in [0.25, 0.3) is 5.13 Å². The van der Waals surface area contributed by atoms with E-state index < -0.39 is 5.97 Å². The summed E-state index contributed by atoms with van der Waals surface area (Å²) in [6, 6.07) is 11.2. The second kappa shape index (κ2) is 7.97. The van der Waals surface area contributed by atoms with Gasteiger partial charge in [0.2, 0.25) is 0 Å². The first-order chi connectivity index (χ1) is 12.6. The maximum Gasteiger partial charge on any atom is 0.325 e. The van der Waals surface area contributed by atoms with Gasteiger partial charge in [0, 0.05) is 23.0 Å². The van der Waals surface area contributed by atoms with Gasteiger partial charge < -0.3 is 10.1 Å². The predicted molar refractivity (Wildman–Crippen MR) is 99.5 cm³/mol. The first-order valence-electron chi connectivity index (χ1n) is 8.13. The summed E-state index contributed by atoms with van der Waals surface area (Å²) in [5, 5.41) is 5.31. The van der Waals surface area contributed by atoms with Crippen molar-refractivity contribution in [3.8, 4) is 5.13 Å². The Bertz CT molecular complexity index is 902. The molecule has 0 saturated carbocycles. The van der Waals surface area contributed by atoms with E-state index in [0.29, 0.717) is 5.56 Å². The zero-order chi connectivity index (χ0) is 18.5. The molecule has 134 valence electrons. The van der Waals surface area contributed by atoms with Crippen molar-refractivity contribution in [2.75, 3.05) is 6.54 Å². The Morgan fingerprint density at radius 3 is 2.69 bits per heavy atom. The highest BCUT2D eigenvalue weighted by Gasteiger charge is 2.18. The molecule has 3 aromatic rings. The lowest BCUT2D eigenvalue weighted by molar-refractivity contribution is -0.143. The minimum atomic E-state index is -0.476. The summed E-state index contributed by atoms with van der Waals surface area (Å²) >= 11 is 1.50. The van der Waals surface area contributed by atoms with Crippen molar-refractivity contribution >= 4 is 23.2 Å². The van der Waals surface area contributed by atoms with E-state index in [1.165, 1.54) is 11.3 Å². The molecule has 1 N–H and O–H groups in total. The smallest absolute Gasteiger partial charge is 0.325 e. The Kier molecular flexibility index (Phi) is 5.48. The molecule has 7 heteroatoms. The minimum absolute atomic E-state index is 0.174. The Hall–Kier alpha value is -2.93. The third-order valence-electron chi connectivity index (χ3n) is 3.92. The van der Waals surface area contributed by atoms with E-state index in [0.717, 1.165) is 22.1 Å². The number of aryl methyl sites for hydroxylation is 1. The van der Waals surface area contributed by atoms with Gasteiger partial charge >= 0.3 is 5.97 Å². The van der Waals surface area contributed by atoms with E-state index >= 15 is 0 Å². The summed E-state index contributed by atoms with van der Waals surface area (Å²) in [4.78, 5) is 28.6. The molecule has 0 aliphatic heterocycles. The topological polar surface area (TPSA) is 73.2 Å². The molecule has 0 atom stereocenters. The van der Waals surface area contributed by atoms with Gasteiger partial charge in [-0.2, -0.15) is 0 Å². The zero-order valence-electron chi connectivity index (χ0n) is 14.6. The van der Waals surface area contributed by atoms with Gasteiger partial charge in [0.25, 0.3) is 5.91 Å². The lowest BCUT2D eigenvalue weighted by Gasteiger charge is -2.07. The Morgan fingerprint density at radius 1 is 1.23 bits per heavy atom. The molecule has 1 amide bonds. The van der Waals surface area contributed by atoms with Gasteiger partial charge in [-0.15, -0.1) is 11.3 Å². The summed E-state index contributed by atoms with van der Waals surface area (Å²) in [6.07, 6.45) is 1.72. The molecule has 3 rings (SSSR count). The van der Waals surface area contributed by atoms with Crippen LogP contribution in [-0.2, 0) is 16.1 Å². The van der Waals surface area contributed by atoms with Gasteiger partial charge in [-0.25, -0.2) is 4.98 Å². The van der Waals surface area contributed by atoms with E-state index in [4.69, 9.17) is 4.74 Å². The third-order valence-corrected chi connectivity index (χ3v) is 4.68. The average molecular weight is 369 g/mol. The van der Waals surface area contributed by atoms with Crippen LogP contribution >= 0.6 is 11.3 Å². The van der Waals surface area contributed by atoms with Crippen molar-refractivity contribution in [2.24, 2.45) is 0 Å². The first kappa shape index (κ1) is 17.9. The fraction of sp³-hybridized carbons (Fsp3) is 0.211. The number of carbonyl (C=O) groups excluding carboxylic acids is 2. The summed E-state index contributed by atoms with van der Waals surface area (Å²) in [5.41, 5.74) is 3.12. The van der Waals surface area contributed by atoms with Gasteiger partial charge in [0.1, 0.15) is 13.2 Å². The molecular formula is C19H19N3O3S. The van der Waals surface area contributed by atoms with E-state index in [1.807, 2.05) is 54.1 Å². The lowest BCUT2D eigenvalue weighted by Crippen LogP contribution is -2.30. The number of amides is 1. The highest BCUT2D eigenvalue weighted by atomic mass is 32.1. The van der Waals surface area contributed by atoms with Crippen LogP contribution in [0, 0.1) is 13.8 Å². The maximum atomic E-state index is 12.4. The molecule has 0 fully saturated rings. The number of nitrogens with one attached hydrogen (secondary N) is 1.